The van der Waals surface area contributed by atoms with Gasteiger partial charge in [-0.3, -0.25) is 4.90 Å². The molecule has 23 heavy (non-hydrogen) atoms. The van der Waals surface area contributed by atoms with Crippen molar-refractivity contribution in [1.82, 2.24) is 9.62 Å². The van der Waals surface area contributed by atoms with Crippen molar-refractivity contribution in [1.29, 1.82) is 0 Å². The highest BCUT2D eigenvalue weighted by Crippen LogP contribution is 2.27. The molecule has 1 aliphatic rings. The van der Waals surface area contributed by atoms with Crippen molar-refractivity contribution in [3.8, 4) is 5.75 Å². The van der Waals surface area contributed by atoms with E-state index in [1.807, 2.05) is 13.8 Å². The van der Waals surface area contributed by atoms with Crippen LogP contribution in [0.5, 0.6) is 5.75 Å². The second-order valence-corrected chi connectivity index (χ2v) is 8.12. The van der Waals surface area contributed by atoms with Gasteiger partial charge >= 0.3 is 0 Å². The summed E-state index contributed by atoms with van der Waals surface area (Å²) in [6, 6.07) is 3.66. The molecule has 130 valence electrons. The van der Waals surface area contributed by atoms with E-state index in [1.165, 1.54) is 26.4 Å². The Labute approximate surface area is 140 Å². The number of hydrogen-bond acceptors (Lipinski definition) is 4. The number of sulfonamides is 1. The summed E-state index contributed by atoms with van der Waals surface area (Å²) in [5.41, 5.74) is 1.96. The Morgan fingerprint density at radius 1 is 1.17 bits per heavy atom. The van der Waals surface area contributed by atoms with Crippen molar-refractivity contribution in [2.75, 3.05) is 26.7 Å². The molecule has 0 radical (unpaired) electrons. The number of nitrogens with one attached hydrogen (secondary N) is 1. The minimum atomic E-state index is -3.58. The zero-order valence-corrected chi connectivity index (χ0v) is 15.4. The van der Waals surface area contributed by atoms with Gasteiger partial charge in [0.1, 0.15) is 10.6 Å². The summed E-state index contributed by atoms with van der Waals surface area (Å²) in [6.45, 7) is 8.44. The first-order valence-corrected chi connectivity index (χ1v) is 9.72. The van der Waals surface area contributed by atoms with Crippen molar-refractivity contribution in [3.63, 3.8) is 0 Å². The number of aryl methyl sites for hydroxylation is 2. The van der Waals surface area contributed by atoms with Gasteiger partial charge in [0, 0.05) is 12.6 Å². The van der Waals surface area contributed by atoms with Gasteiger partial charge in [-0.25, -0.2) is 13.1 Å². The van der Waals surface area contributed by atoms with E-state index >= 15 is 0 Å². The van der Waals surface area contributed by atoms with Gasteiger partial charge in [0.2, 0.25) is 10.0 Å². The molecule has 1 aliphatic heterocycles. The third-order valence-corrected chi connectivity index (χ3v) is 6.10. The van der Waals surface area contributed by atoms with Crippen LogP contribution in [-0.4, -0.2) is 46.1 Å². The van der Waals surface area contributed by atoms with Gasteiger partial charge in [-0.1, -0.05) is 6.42 Å². The number of benzene rings is 1. The molecule has 0 saturated carbocycles. The highest BCUT2D eigenvalue weighted by molar-refractivity contribution is 7.89. The monoisotopic (exact) mass is 340 g/mol. The minimum absolute atomic E-state index is 0.197. The van der Waals surface area contributed by atoms with Crippen LogP contribution < -0.4 is 9.46 Å². The fourth-order valence-electron chi connectivity index (χ4n) is 2.93. The fourth-order valence-corrected chi connectivity index (χ4v) is 4.28. The van der Waals surface area contributed by atoms with Gasteiger partial charge in [0.25, 0.3) is 0 Å². The van der Waals surface area contributed by atoms with Crippen molar-refractivity contribution in [2.45, 2.75) is 51.0 Å². The zero-order chi connectivity index (χ0) is 17.0. The lowest BCUT2D eigenvalue weighted by Crippen LogP contribution is -2.44. The number of rotatable bonds is 6. The first kappa shape index (κ1) is 18.2. The minimum Gasteiger partial charge on any atom is -0.495 e. The highest BCUT2D eigenvalue weighted by Gasteiger charge is 2.23. The van der Waals surface area contributed by atoms with Crippen LogP contribution in [0, 0.1) is 13.8 Å². The molecule has 1 aromatic carbocycles. The van der Waals surface area contributed by atoms with Crippen LogP contribution >= 0.6 is 0 Å². The van der Waals surface area contributed by atoms with Crippen LogP contribution in [-0.2, 0) is 10.0 Å². The van der Waals surface area contributed by atoms with Gasteiger partial charge < -0.3 is 4.74 Å². The average molecular weight is 340 g/mol. The van der Waals surface area contributed by atoms with Gasteiger partial charge in [-0.2, -0.15) is 0 Å². The quantitative estimate of drug-likeness (QED) is 0.864. The van der Waals surface area contributed by atoms with Crippen molar-refractivity contribution in [2.24, 2.45) is 0 Å². The molecule has 1 heterocycles. The first-order chi connectivity index (χ1) is 10.8. The normalized spacial score (nSPS) is 17.9. The second-order valence-electron chi connectivity index (χ2n) is 6.38. The molecule has 0 bridgehead atoms. The third-order valence-electron chi connectivity index (χ3n) is 4.65. The van der Waals surface area contributed by atoms with E-state index in [2.05, 4.69) is 16.5 Å². The maximum absolute atomic E-state index is 12.7. The molecule has 1 saturated heterocycles. The maximum atomic E-state index is 12.7. The predicted molar refractivity (Wildman–Crippen MR) is 92.5 cm³/mol. The number of nitrogens with zero attached hydrogens (tertiary/aromatic N) is 1. The topological polar surface area (TPSA) is 58.6 Å². The molecule has 0 aliphatic carbocycles. The van der Waals surface area contributed by atoms with Crippen LogP contribution in [0.25, 0.3) is 0 Å². The molecule has 2 rings (SSSR count). The zero-order valence-electron chi connectivity index (χ0n) is 14.6. The number of likely N-dealkylation sites (tertiary alicyclic amines) is 1. The van der Waals surface area contributed by atoms with E-state index in [4.69, 9.17) is 4.74 Å². The first-order valence-electron chi connectivity index (χ1n) is 8.24. The Morgan fingerprint density at radius 3 is 2.39 bits per heavy atom. The summed E-state index contributed by atoms with van der Waals surface area (Å²) in [5.74, 6) is 0.395. The standard InChI is InChI=1S/C17H28N2O3S/c1-13-10-16(22-4)17(11-14(13)2)23(20,21)18-12-15(3)19-8-6-5-7-9-19/h10-11,15,18H,5-9,12H2,1-4H3. The molecule has 1 fully saturated rings. The van der Waals surface area contributed by atoms with Gasteiger partial charge in [0.15, 0.2) is 0 Å². The molecule has 0 aromatic heterocycles. The van der Waals surface area contributed by atoms with Crippen LogP contribution in [0.4, 0.5) is 0 Å². The third kappa shape index (κ3) is 4.46. The summed E-state index contributed by atoms with van der Waals surface area (Å²) in [7, 11) is -2.08. The molecular formula is C17H28N2O3S. The second kappa shape index (κ2) is 7.64. The van der Waals surface area contributed by atoms with Crippen LogP contribution in [0.2, 0.25) is 0 Å². The fraction of sp³-hybridized carbons (Fsp3) is 0.647. The summed E-state index contributed by atoms with van der Waals surface area (Å²) in [6.07, 6.45) is 3.67. The van der Waals surface area contributed by atoms with Crippen molar-refractivity contribution < 1.29 is 13.2 Å². The van der Waals surface area contributed by atoms with Gasteiger partial charge in [0.05, 0.1) is 7.11 Å². The lowest BCUT2D eigenvalue weighted by Gasteiger charge is -2.32. The summed E-state index contributed by atoms with van der Waals surface area (Å²) in [5, 5.41) is 0. The molecule has 5 nitrogen and oxygen atoms in total. The Bertz CT molecular complexity index is 637. The van der Waals surface area contributed by atoms with E-state index in [1.54, 1.807) is 12.1 Å². The molecule has 1 atom stereocenters. The molecule has 1 aromatic rings. The smallest absolute Gasteiger partial charge is 0.244 e. The molecule has 1 N–H and O–H groups in total. The van der Waals surface area contributed by atoms with Crippen LogP contribution in [0.1, 0.15) is 37.3 Å². The Hall–Kier alpha value is -1.11. The molecular weight excluding hydrogens is 312 g/mol. The molecule has 6 heteroatoms. The van der Waals surface area contributed by atoms with Gasteiger partial charge in [-0.05, 0) is 70.0 Å². The predicted octanol–water partition coefficient (Wildman–Crippen LogP) is 2.46. The Kier molecular flexibility index (Phi) is 6.06. The van der Waals surface area contributed by atoms with E-state index in [-0.39, 0.29) is 10.9 Å². The average Bonchev–Trinajstić information content (AvgIpc) is 2.55. The van der Waals surface area contributed by atoms with Crippen LogP contribution in [0.3, 0.4) is 0 Å². The van der Waals surface area contributed by atoms with Crippen molar-refractivity contribution in [3.05, 3.63) is 23.3 Å². The van der Waals surface area contributed by atoms with Crippen LogP contribution in [0.15, 0.2) is 17.0 Å². The molecule has 1 unspecified atom stereocenters. The number of methoxy groups -OCH3 is 1. The lowest BCUT2D eigenvalue weighted by molar-refractivity contribution is 0.175. The Morgan fingerprint density at radius 2 is 1.78 bits per heavy atom. The highest BCUT2D eigenvalue weighted by atomic mass is 32.2. The van der Waals surface area contributed by atoms with E-state index in [9.17, 15) is 8.42 Å². The van der Waals surface area contributed by atoms with E-state index in [0.717, 1.165) is 24.2 Å². The number of hydrogen-bond donors (Lipinski definition) is 1. The lowest BCUT2D eigenvalue weighted by atomic mass is 10.1. The molecule has 0 amide bonds. The van der Waals surface area contributed by atoms with Crippen molar-refractivity contribution >= 4 is 10.0 Å². The number of piperidine rings is 1. The summed E-state index contributed by atoms with van der Waals surface area (Å²) >= 11 is 0. The van der Waals surface area contributed by atoms with Gasteiger partial charge in [-0.15, -0.1) is 0 Å². The van der Waals surface area contributed by atoms with E-state index < -0.39 is 10.0 Å². The molecule has 0 spiro atoms. The largest absolute Gasteiger partial charge is 0.495 e. The SMILES string of the molecule is COc1cc(C)c(C)cc1S(=O)(=O)NCC(C)N1CCCCC1. The maximum Gasteiger partial charge on any atom is 0.244 e. The van der Waals surface area contributed by atoms with E-state index in [0.29, 0.717) is 12.3 Å². The Balaban J connectivity index is 2.11. The number of ether oxygens (including phenoxy) is 1. The summed E-state index contributed by atoms with van der Waals surface area (Å²) < 4.78 is 33.3. The summed E-state index contributed by atoms with van der Waals surface area (Å²) in [4.78, 5) is 2.57.